The second-order valence-electron chi connectivity index (χ2n) is 7.63. The summed E-state index contributed by atoms with van der Waals surface area (Å²) in [7, 11) is 0. The first-order valence-electron chi connectivity index (χ1n) is 8.63. The third-order valence-electron chi connectivity index (χ3n) is 4.76. The van der Waals surface area contributed by atoms with E-state index in [0.29, 0.717) is 11.1 Å². The van der Waals surface area contributed by atoms with E-state index in [1.807, 2.05) is 6.07 Å². The number of aromatic amines is 1. The van der Waals surface area contributed by atoms with Crippen LogP contribution in [0, 0.1) is 0 Å². The predicted molar refractivity (Wildman–Crippen MR) is 105 cm³/mol. The fourth-order valence-corrected chi connectivity index (χ4v) is 3.16. The zero-order valence-corrected chi connectivity index (χ0v) is 15.3. The largest absolute Gasteiger partial charge is 0.478 e. The molecule has 0 radical (unpaired) electrons. The van der Waals surface area contributed by atoms with Crippen molar-refractivity contribution in [3.8, 4) is 5.69 Å². The van der Waals surface area contributed by atoms with E-state index in [1.165, 1.54) is 16.8 Å². The Labute approximate surface area is 155 Å². The zero-order valence-electron chi connectivity index (χ0n) is 15.3. The third kappa shape index (κ3) is 2.79. The Balaban J connectivity index is 1.96. The lowest BCUT2D eigenvalue weighted by Crippen LogP contribution is -2.14. The molecule has 0 aliphatic heterocycles. The van der Waals surface area contributed by atoms with Crippen LogP contribution in [-0.4, -0.2) is 25.8 Å². The van der Waals surface area contributed by atoms with E-state index in [-0.39, 0.29) is 16.5 Å². The zero-order chi connectivity index (χ0) is 19.3. The maximum absolute atomic E-state index is 12.8. The molecule has 0 spiro atoms. The molecule has 0 atom stereocenters. The van der Waals surface area contributed by atoms with Crippen LogP contribution in [0.4, 0.5) is 0 Å². The average molecular weight is 361 g/mol. The first kappa shape index (κ1) is 17.0. The molecule has 2 heterocycles. The Hall–Kier alpha value is -3.41. The molecule has 0 saturated carbocycles. The topological polar surface area (TPSA) is 88.0 Å². The SMILES string of the molecule is CC(C)(C)c1ccc2ncc3c(=O)n(-c4ccc(C(=O)O)cc4)[nH]c3c2c1. The van der Waals surface area contributed by atoms with Gasteiger partial charge in [0.05, 0.1) is 27.7 Å². The van der Waals surface area contributed by atoms with Crippen molar-refractivity contribution >= 4 is 27.8 Å². The fraction of sp³-hybridized carbons (Fsp3) is 0.190. The van der Waals surface area contributed by atoms with Crippen molar-refractivity contribution < 1.29 is 9.90 Å². The molecule has 6 heteroatoms. The smallest absolute Gasteiger partial charge is 0.335 e. The van der Waals surface area contributed by atoms with E-state index in [2.05, 4.69) is 43.0 Å². The summed E-state index contributed by atoms with van der Waals surface area (Å²) in [4.78, 5) is 28.3. The fourth-order valence-electron chi connectivity index (χ4n) is 3.16. The van der Waals surface area contributed by atoms with Gasteiger partial charge in [-0.3, -0.25) is 14.9 Å². The van der Waals surface area contributed by atoms with Crippen molar-refractivity contribution in [2.24, 2.45) is 0 Å². The first-order chi connectivity index (χ1) is 12.8. The average Bonchev–Trinajstić information content (AvgIpc) is 2.98. The second kappa shape index (κ2) is 5.81. The number of aromatic nitrogens is 3. The number of nitrogens with zero attached hydrogens (tertiary/aromatic N) is 2. The summed E-state index contributed by atoms with van der Waals surface area (Å²) in [6.45, 7) is 6.42. The molecule has 0 bridgehead atoms. The number of fused-ring (bicyclic) bond motifs is 3. The van der Waals surface area contributed by atoms with E-state index < -0.39 is 5.97 Å². The highest BCUT2D eigenvalue weighted by Gasteiger charge is 2.17. The number of carboxylic acids is 1. The molecule has 2 aromatic heterocycles. The Morgan fingerprint density at radius 3 is 2.41 bits per heavy atom. The summed E-state index contributed by atoms with van der Waals surface area (Å²) in [5.41, 5.74) is 3.19. The molecule has 0 amide bonds. The summed E-state index contributed by atoms with van der Waals surface area (Å²) in [5, 5.41) is 13.6. The number of aromatic carboxylic acids is 1. The third-order valence-corrected chi connectivity index (χ3v) is 4.76. The molecule has 0 saturated heterocycles. The monoisotopic (exact) mass is 361 g/mol. The normalized spacial score (nSPS) is 12.0. The van der Waals surface area contributed by atoms with Crippen LogP contribution in [0.25, 0.3) is 27.5 Å². The number of benzene rings is 2. The van der Waals surface area contributed by atoms with E-state index >= 15 is 0 Å². The quantitative estimate of drug-likeness (QED) is 0.567. The maximum Gasteiger partial charge on any atom is 0.335 e. The summed E-state index contributed by atoms with van der Waals surface area (Å²) in [6.07, 6.45) is 1.58. The highest BCUT2D eigenvalue weighted by molar-refractivity contribution is 6.03. The Morgan fingerprint density at radius 1 is 1.07 bits per heavy atom. The minimum absolute atomic E-state index is 0.0219. The molecule has 27 heavy (non-hydrogen) atoms. The number of carboxylic acid groups (broad SMARTS) is 1. The Bertz CT molecular complexity index is 1240. The lowest BCUT2D eigenvalue weighted by atomic mass is 9.86. The number of nitrogens with one attached hydrogen (secondary N) is 1. The van der Waals surface area contributed by atoms with Gasteiger partial charge < -0.3 is 5.11 Å². The van der Waals surface area contributed by atoms with Gasteiger partial charge in [0.2, 0.25) is 0 Å². The maximum atomic E-state index is 12.8. The number of carbonyl (C=O) groups is 1. The van der Waals surface area contributed by atoms with Crippen LogP contribution < -0.4 is 5.56 Å². The molecule has 0 fully saturated rings. The molecule has 2 aromatic carbocycles. The van der Waals surface area contributed by atoms with Gasteiger partial charge in [-0.05, 0) is 47.4 Å². The van der Waals surface area contributed by atoms with Gasteiger partial charge in [0.25, 0.3) is 5.56 Å². The minimum atomic E-state index is -1.00. The minimum Gasteiger partial charge on any atom is -0.478 e. The van der Waals surface area contributed by atoms with Crippen LogP contribution in [0.3, 0.4) is 0 Å². The number of H-pyrrole nitrogens is 1. The summed E-state index contributed by atoms with van der Waals surface area (Å²) < 4.78 is 1.42. The van der Waals surface area contributed by atoms with E-state index in [4.69, 9.17) is 5.11 Å². The standard InChI is InChI=1S/C21H19N3O3/c1-21(2,3)13-6-9-17-15(10-13)18-16(11-22-17)19(25)24(23-18)14-7-4-12(5-8-14)20(26)27/h4-11,23H,1-3H3,(H,26,27). The van der Waals surface area contributed by atoms with Crippen molar-refractivity contribution in [2.45, 2.75) is 26.2 Å². The molecule has 4 aromatic rings. The van der Waals surface area contributed by atoms with Crippen molar-refractivity contribution in [2.75, 3.05) is 0 Å². The molecular formula is C21H19N3O3. The van der Waals surface area contributed by atoms with Gasteiger partial charge in [0.15, 0.2) is 0 Å². The van der Waals surface area contributed by atoms with Gasteiger partial charge in [-0.1, -0.05) is 26.8 Å². The Kier molecular flexibility index (Phi) is 3.66. The van der Waals surface area contributed by atoms with Crippen LogP contribution in [0.5, 0.6) is 0 Å². The number of hydrogen-bond acceptors (Lipinski definition) is 3. The molecule has 136 valence electrons. The highest BCUT2D eigenvalue weighted by atomic mass is 16.4. The highest BCUT2D eigenvalue weighted by Crippen LogP contribution is 2.28. The second-order valence-corrected chi connectivity index (χ2v) is 7.63. The van der Waals surface area contributed by atoms with E-state index in [1.54, 1.807) is 18.3 Å². The molecular weight excluding hydrogens is 342 g/mol. The lowest BCUT2D eigenvalue weighted by Gasteiger charge is -2.19. The van der Waals surface area contributed by atoms with Crippen LogP contribution in [-0.2, 0) is 5.41 Å². The van der Waals surface area contributed by atoms with Crippen molar-refractivity contribution in [1.82, 2.24) is 14.8 Å². The van der Waals surface area contributed by atoms with Gasteiger partial charge in [0.1, 0.15) is 0 Å². The molecule has 4 rings (SSSR count). The van der Waals surface area contributed by atoms with E-state index in [0.717, 1.165) is 22.0 Å². The van der Waals surface area contributed by atoms with Gasteiger partial charge in [-0.15, -0.1) is 0 Å². The van der Waals surface area contributed by atoms with Crippen molar-refractivity contribution in [3.63, 3.8) is 0 Å². The van der Waals surface area contributed by atoms with Crippen LogP contribution in [0.2, 0.25) is 0 Å². The van der Waals surface area contributed by atoms with Crippen LogP contribution in [0.15, 0.2) is 53.5 Å². The number of pyridine rings is 1. The summed E-state index contributed by atoms with van der Waals surface area (Å²) in [5.74, 6) is -1.00. The first-order valence-corrected chi connectivity index (χ1v) is 8.63. The van der Waals surface area contributed by atoms with Crippen LogP contribution >= 0.6 is 0 Å². The summed E-state index contributed by atoms with van der Waals surface area (Å²) >= 11 is 0. The van der Waals surface area contributed by atoms with E-state index in [9.17, 15) is 9.59 Å². The van der Waals surface area contributed by atoms with Gasteiger partial charge in [0, 0.05) is 11.6 Å². The predicted octanol–water partition coefficient (Wildman–Crippen LogP) is 3.86. The molecule has 0 aliphatic rings. The number of hydrogen-bond donors (Lipinski definition) is 2. The molecule has 0 aliphatic carbocycles. The molecule has 2 N–H and O–H groups in total. The summed E-state index contributed by atoms with van der Waals surface area (Å²) in [6, 6.07) is 12.3. The van der Waals surface area contributed by atoms with Crippen LogP contribution in [0.1, 0.15) is 36.7 Å². The van der Waals surface area contributed by atoms with Gasteiger partial charge >= 0.3 is 5.97 Å². The van der Waals surface area contributed by atoms with Crippen molar-refractivity contribution in [3.05, 3.63) is 70.1 Å². The number of rotatable bonds is 2. The molecule has 0 unspecified atom stereocenters. The lowest BCUT2D eigenvalue weighted by molar-refractivity contribution is 0.0697. The van der Waals surface area contributed by atoms with Crippen molar-refractivity contribution in [1.29, 1.82) is 0 Å². The molecule has 6 nitrogen and oxygen atoms in total. The Morgan fingerprint density at radius 2 is 1.78 bits per heavy atom. The van der Waals surface area contributed by atoms with Gasteiger partial charge in [-0.25, -0.2) is 9.48 Å². The van der Waals surface area contributed by atoms with Gasteiger partial charge in [-0.2, -0.15) is 0 Å².